The van der Waals surface area contributed by atoms with Gasteiger partial charge in [-0.05, 0) is 49.1 Å². The molecule has 1 nitrogen and oxygen atoms in total. The zero-order chi connectivity index (χ0) is 14.1. The number of allylic oxidation sites excluding steroid dienone is 13. The third-order valence-electron chi connectivity index (χ3n) is 5.02. The highest BCUT2D eigenvalue weighted by atomic mass is 14.9. The fraction of sp³-hybridized carbons (Fsp3) is 0.300. The van der Waals surface area contributed by atoms with E-state index in [9.17, 15) is 0 Å². The van der Waals surface area contributed by atoms with E-state index in [1.807, 2.05) is 0 Å². The molecule has 4 rings (SSSR count). The Hall–Kier alpha value is -1.86. The molecule has 1 atom stereocenters. The van der Waals surface area contributed by atoms with Crippen molar-refractivity contribution < 1.29 is 0 Å². The maximum atomic E-state index is 3.47. The maximum Gasteiger partial charge on any atom is 0.0425 e. The monoisotopic (exact) mass is 275 g/mol. The highest BCUT2D eigenvalue weighted by molar-refractivity contribution is 5.62. The molecule has 3 aliphatic carbocycles. The van der Waals surface area contributed by atoms with E-state index < -0.39 is 0 Å². The Morgan fingerprint density at radius 2 is 1.81 bits per heavy atom. The standard InChI is InChI=1S/C20H21N/c1-3-12-20-13-4-2-9-19(20)18(8-5-7-17(20)6-1)16-10-14-21-15-11-16/h1-9,12,21H,10-11,13-15H2. The second kappa shape index (κ2) is 5.16. The van der Waals surface area contributed by atoms with E-state index in [4.69, 9.17) is 0 Å². The van der Waals surface area contributed by atoms with Gasteiger partial charge in [-0.3, -0.25) is 0 Å². The van der Waals surface area contributed by atoms with Crippen LogP contribution in [-0.2, 0) is 0 Å². The lowest BCUT2D eigenvalue weighted by atomic mass is 9.65. The Labute approximate surface area is 126 Å². The Balaban J connectivity index is 1.89. The summed E-state index contributed by atoms with van der Waals surface area (Å²) in [5.74, 6) is 0. The minimum atomic E-state index is 0.0558. The van der Waals surface area contributed by atoms with Crippen LogP contribution in [0.15, 0.2) is 83.1 Å². The summed E-state index contributed by atoms with van der Waals surface area (Å²) < 4.78 is 0. The van der Waals surface area contributed by atoms with Crippen LogP contribution in [-0.4, -0.2) is 13.1 Å². The molecule has 0 aromatic carbocycles. The summed E-state index contributed by atoms with van der Waals surface area (Å²) in [6, 6.07) is 0. The van der Waals surface area contributed by atoms with Crippen LogP contribution in [0.2, 0.25) is 0 Å². The van der Waals surface area contributed by atoms with Crippen LogP contribution in [0.5, 0.6) is 0 Å². The summed E-state index contributed by atoms with van der Waals surface area (Å²) in [5.41, 5.74) is 6.06. The number of hydrogen-bond donors (Lipinski definition) is 1. The molecule has 1 saturated heterocycles. The molecule has 1 N–H and O–H groups in total. The molecule has 1 aliphatic heterocycles. The third kappa shape index (κ3) is 2.04. The lowest BCUT2D eigenvalue weighted by Gasteiger charge is -2.38. The molecule has 1 spiro atoms. The van der Waals surface area contributed by atoms with E-state index in [1.165, 1.54) is 29.6 Å². The van der Waals surface area contributed by atoms with Crippen molar-refractivity contribution in [3.05, 3.63) is 83.1 Å². The van der Waals surface area contributed by atoms with Gasteiger partial charge in [0.1, 0.15) is 0 Å². The van der Waals surface area contributed by atoms with Gasteiger partial charge >= 0.3 is 0 Å². The van der Waals surface area contributed by atoms with Crippen LogP contribution in [0.25, 0.3) is 0 Å². The summed E-state index contributed by atoms with van der Waals surface area (Å²) in [6.07, 6.45) is 26.2. The Kier molecular flexibility index (Phi) is 3.16. The topological polar surface area (TPSA) is 12.0 Å². The van der Waals surface area contributed by atoms with Gasteiger partial charge in [0.05, 0.1) is 0 Å². The van der Waals surface area contributed by atoms with Crippen molar-refractivity contribution in [1.29, 1.82) is 0 Å². The minimum absolute atomic E-state index is 0.0558. The Morgan fingerprint density at radius 1 is 0.905 bits per heavy atom. The van der Waals surface area contributed by atoms with Crippen molar-refractivity contribution in [1.82, 2.24) is 5.32 Å². The van der Waals surface area contributed by atoms with Gasteiger partial charge in [0, 0.05) is 5.41 Å². The quantitative estimate of drug-likeness (QED) is 0.700. The van der Waals surface area contributed by atoms with Gasteiger partial charge in [0.15, 0.2) is 0 Å². The minimum Gasteiger partial charge on any atom is -0.316 e. The number of hydrogen-bond acceptors (Lipinski definition) is 1. The molecule has 0 bridgehead atoms. The first-order chi connectivity index (χ1) is 10.4. The molecule has 1 heteroatoms. The lowest BCUT2D eigenvalue weighted by Crippen LogP contribution is -2.28. The van der Waals surface area contributed by atoms with E-state index >= 15 is 0 Å². The van der Waals surface area contributed by atoms with Crippen molar-refractivity contribution in [3.63, 3.8) is 0 Å². The van der Waals surface area contributed by atoms with Gasteiger partial charge in [-0.25, -0.2) is 0 Å². The molecule has 0 amide bonds. The molecule has 106 valence electrons. The molecular weight excluding hydrogens is 254 g/mol. The summed E-state index contributed by atoms with van der Waals surface area (Å²) in [4.78, 5) is 0. The predicted molar refractivity (Wildman–Crippen MR) is 88.9 cm³/mol. The highest BCUT2D eigenvalue weighted by Crippen LogP contribution is 2.50. The van der Waals surface area contributed by atoms with Gasteiger partial charge in [-0.1, -0.05) is 66.3 Å². The number of nitrogens with one attached hydrogen (secondary N) is 1. The predicted octanol–water partition coefficient (Wildman–Crippen LogP) is 4.16. The fourth-order valence-corrected chi connectivity index (χ4v) is 3.91. The molecule has 1 fully saturated rings. The van der Waals surface area contributed by atoms with Crippen molar-refractivity contribution in [2.24, 2.45) is 5.41 Å². The molecule has 0 saturated carbocycles. The molecule has 1 unspecified atom stereocenters. The van der Waals surface area contributed by atoms with Crippen LogP contribution in [0.1, 0.15) is 19.3 Å². The van der Waals surface area contributed by atoms with Crippen LogP contribution in [0, 0.1) is 5.41 Å². The molecule has 0 aromatic heterocycles. The molecule has 1 heterocycles. The smallest absolute Gasteiger partial charge is 0.0425 e. The summed E-state index contributed by atoms with van der Waals surface area (Å²) in [5, 5.41) is 3.47. The number of rotatable bonds is 0. The Bertz CT molecular complexity index is 656. The van der Waals surface area contributed by atoms with Crippen molar-refractivity contribution >= 4 is 0 Å². The van der Waals surface area contributed by atoms with E-state index in [0.29, 0.717) is 0 Å². The van der Waals surface area contributed by atoms with E-state index in [2.05, 4.69) is 66.1 Å². The molecule has 0 radical (unpaired) electrons. The van der Waals surface area contributed by atoms with Crippen molar-refractivity contribution in [3.8, 4) is 0 Å². The van der Waals surface area contributed by atoms with Crippen molar-refractivity contribution in [2.45, 2.75) is 19.3 Å². The largest absolute Gasteiger partial charge is 0.316 e. The zero-order valence-corrected chi connectivity index (χ0v) is 12.3. The van der Waals surface area contributed by atoms with Gasteiger partial charge in [0.25, 0.3) is 0 Å². The van der Waals surface area contributed by atoms with Crippen LogP contribution in [0.4, 0.5) is 0 Å². The van der Waals surface area contributed by atoms with Crippen molar-refractivity contribution in [2.75, 3.05) is 13.1 Å². The molecule has 21 heavy (non-hydrogen) atoms. The SMILES string of the molecule is C1=CCC23C=CC=CC2=CC=CC(=C2CCNCC2)C3=C1. The average Bonchev–Trinajstić information content (AvgIpc) is 2.72. The van der Waals surface area contributed by atoms with Crippen LogP contribution >= 0.6 is 0 Å². The molecule has 4 aliphatic rings. The first-order valence-corrected chi connectivity index (χ1v) is 7.95. The summed E-state index contributed by atoms with van der Waals surface area (Å²) in [7, 11) is 0. The lowest BCUT2D eigenvalue weighted by molar-refractivity contribution is 0.560. The Morgan fingerprint density at radius 3 is 2.71 bits per heavy atom. The van der Waals surface area contributed by atoms with Crippen LogP contribution < -0.4 is 5.32 Å². The van der Waals surface area contributed by atoms with E-state index in [-0.39, 0.29) is 5.41 Å². The zero-order valence-electron chi connectivity index (χ0n) is 12.3. The second-order valence-electron chi connectivity index (χ2n) is 6.15. The fourth-order valence-electron chi connectivity index (χ4n) is 3.91. The first kappa shape index (κ1) is 12.8. The van der Waals surface area contributed by atoms with E-state index in [0.717, 1.165) is 19.5 Å². The summed E-state index contributed by atoms with van der Waals surface area (Å²) in [6.45, 7) is 2.22. The highest BCUT2D eigenvalue weighted by Gasteiger charge is 2.38. The number of piperidine rings is 1. The third-order valence-corrected chi connectivity index (χ3v) is 5.02. The maximum absolute atomic E-state index is 3.47. The second-order valence-corrected chi connectivity index (χ2v) is 6.15. The average molecular weight is 275 g/mol. The van der Waals surface area contributed by atoms with Gasteiger partial charge in [-0.15, -0.1) is 0 Å². The first-order valence-electron chi connectivity index (χ1n) is 7.95. The normalized spacial score (nSPS) is 30.5. The molecular formula is C20H21N. The van der Waals surface area contributed by atoms with Crippen LogP contribution in [0.3, 0.4) is 0 Å². The van der Waals surface area contributed by atoms with Gasteiger partial charge in [-0.2, -0.15) is 0 Å². The van der Waals surface area contributed by atoms with Gasteiger partial charge in [0.2, 0.25) is 0 Å². The summed E-state index contributed by atoms with van der Waals surface area (Å²) >= 11 is 0. The van der Waals surface area contributed by atoms with Gasteiger partial charge < -0.3 is 5.32 Å². The molecule has 0 aromatic rings. The van der Waals surface area contributed by atoms with E-state index in [1.54, 1.807) is 5.57 Å².